The van der Waals surface area contributed by atoms with Crippen LogP contribution in [0.25, 0.3) is 0 Å². The largest absolute Gasteiger partial charge is 0.381 e. The first-order valence-electron chi connectivity index (χ1n) is 9.80. The summed E-state index contributed by atoms with van der Waals surface area (Å²) in [5.74, 6) is 0.975. The molecule has 0 bridgehead atoms. The number of hydrogen-bond donors (Lipinski definition) is 2. The van der Waals surface area contributed by atoms with Gasteiger partial charge in [0.2, 0.25) is 0 Å². The number of anilines is 2. The summed E-state index contributed by atoms with van der Waals surface area (Å²) < 4.78 is 5.44. The highest BCUT2D eigenvalue weighted by Gasteiger charge is 2.23. The molecular weight excluding hydrogens is 338 g/mol. The third-order valence-electron chi connectivity index (χ3n) is 5.53. The van der Waals surface area contributed by atoms with Crippen molar-refractivity contribution in [3.05, 3.63) is 60.2 Å². The van der Waals surface area contributed by atoms with Crippen molar-refractivity contribution in [1.29, 1.82) is 0 Å². The van der Waals surface area contributed by atoms with E-state index in [9.17, 15) is 4.79 Å². The number of nitrogens with zero attached hydrogens (tertiary/aromatic N) is 1. The molecule has 27 heavy (non-hydrogen) atoms. The fraction of sp³-hybridized carbons (Fsp3) is 0.409. The molecule has 2 N–H and O–H groups in total. The van der Waals surface area contributed by atoms with Crippen LogP contribution >= 0.6 is 0 Å². The smallest absolute Gasteiger partial charge is 0.319 e. The Kier molecular flexibility index (Phi) is 5.58. The molecule has 0 spiro atoms. The Balaban J connectivity index is 1.22. The monoisotopic (exact) mass is 365 g/mol. The minimum absolute atomic E-state index is 0.134. The first-order chi connectivity index (χ1) is 13.3. The number of nitrogens with one attached hydrogen (secondary N) is 2. The number of carbonyl (C=O) groups is 1. The number of rotatable bonds is 5. The number of amides is 2. The van der Waals surface area contributed by atoms with Crippen LogP contribution in [0.5, 0.6) is 0 Å². The van der Waals surface area contributed by atoms with Crippen LogP contribution in [-0.4, -0.2) is 38.9 Å². The maximum atomic E-state index is 12.2. The molecule has 0 aromatic heterocycles. The Bertz CT molecular complexity index is 742. The molecule has 2 heterocycles. The average Bonchev–Trinajstić information content (AvgIpc) is 3.40. The van der Waals surface area contributed by atoms with E-state index >= 15 is 0 Å². The van der Waals surface area contributed by atoms with E-state index in [4.69, 9.17) is 4.74 Å². The van der Waals surface area contributed by atoms with Crippen LogP contribution < -0.4 is 15.5 Å². The minimum atomic E-state index is -0.134. The van der Waals surface area contributed by atoms with Gasteiger partial charge in [0, 0.05) is 43.5 Å². The van der Waals surface area contributed by atoms with E-state index in [1.165, 1.54) is 11.3 Å². The molecule has 2 aromatic carbocycles. The first kappa shape index (κ1) is 17.9. The van der Waals surface area contributed by atoms with Crippen LogP contribution in [0.4, 0.5) is 16.2 Å². The Labute approximate surface area is 160 Å². The zero-order chi connectivity index (χ0) is 18.5. The van der Waals surface area contributed by atoms with Gasteiger partial charge in [-0.3, -0.25) is 0 Å². The lowest BCUT2D eigenvalue weighted by Crippen LogP contribution is -2.34. The number of urea groups is 1. The molecule has 0 radical (unpaired) electrons. The van der Waals surface area contributed by atoms with E-state index in [1.54, 1.807) is 0 Å². The van der Waals surface area contributed by atoms with E-state index in [-0.39, 0.29) is 6.03 Å². The molecule has 2 aliphatic heterocycles. The second-order valence-corrected chi connectivity index (χ2v) is 7.45. The molecule has 5 heteroatoms. The highest BCUT2D eigenvalue weighted by molar-refractivity contribution is 5.89. The summed E-state index contributed by atoms with van der Waals surface area (Å²) in [6.45, 7) is 4.38. The Morgan fingerprint density at radius 1 is 1.07 bits per heavy atom. The van der Waals surface area contributed by atoms with Gasteiger partial charge in [0.25, 0.3) is 0 Å². The fourth-order valence-electron chi connectivity index (χ4n) is 3.92. The fourth-order valence-corrected chi connectivity index (χ4v) is 3.92. The van der Waals surface area contributed by atoms with Crippen molar-refractivity contribution in [3.63, 3.8) is 0 Å². The third-order valence-corrected chi connectivity index (χ3v) is 5.53. The Morgan fingerprint density at radius 3 is 2.63 bits per heavy atom. The Morgan fingerprint density at radius 2 is 1.89 bits per heavy atom. The van der Waals surface area contributed by atoms with Crippen LogP contribution in [-0.2, 0) is 4.74 Å². The molecule has 2 fully saturated rings. The molecule has 5 nitrogen and oxygen atoms in total. The summed E-state index contributed by atoms with van der Waals surface area (Å²) >= 11 is 0. The summed E-state index contributed by atoms with van der Waals surface area (Å²) in [7, 11) is 0. The lowest BCUT2D eigenvalue weighted by Gasteiger charge is -2.18. The van der Waals surface area contributed by atoms with E-state index in [0.29, 0.717) is 18.4 Å². The molecule has 0 saturated carbocycles. The van der Waals surface area contributed by atoms with Crippen molar-refractivity contribution < 1.29 is 9.53 Å². The molecule has 2 amide bonds. The third kappa shape index (κ3) is 4.61. The number of carbonyl (C=O) groups excluding carboxylic acids is 1. The summed E-state index contributed by atoms with van der Waals surface area (Å²) in [5, 5.41) is 5.95. The SMILES string of the molecule is O=C(NCC1CCN(c2ccccc2)C1)Nc1ccc(C2CCOC2)cc1. The normalized spacial score (nSPS) is 22.0. The minimum Gasteiger partial charge on any atom is -0.381 e. The lowest BCUT2D eigenvalue weighted by molar-refractivity contribution is 0.194. The Hall–Kier alpha value is -2.53. The van der Waals surface area contributed by atoms with Crippen LogP contribution in [0.3, 0.4) is 0 Å². The zero-order valence-electron chi connectivity index (χ0n) is 15.6. The van der Waals surface area contributed by atoms with Gasteiger partial charge < -0.3 is 20.3 Å². The van der Waals surface area contributed by atoms with Crippen molar-refractivity contribution >= 4 is 17.4 Å². The number of ether oxygens (including phenoxy) is 1. The van der Waals surface area contributed by atoms with Gasteiger partial charge in [-0.15, -0.1) is 0 Å². The molecule has 2 saturated heterocycles. The first-order valence-corrected chi connectivity index (χ1v) is 9.80. The van der Waals surface area contributed by atoms with Crippen LogP contribution in [0.2, 0.25) is 0 Å². The molecule has 2 atom stereocenters. The molecule has 142 valence electrons. The highest BCUT2D eigenvalue weighted by atomic mass is 16.5. The quantitative estimate of drug-likeness (QED) is 0.846. The molecule has 2 aromatic rings. The molecule has 2 unspecified atom stereocenters. The van der Waals surface area contributed by atoms with Gasteiger partial charge in [-0.2, -0.15) is 0 Å². The summed E-state index contributed by atoms with van der Waals surface area (Å²) in [4.78, 5) is 14.6. The van der Waals surface area contributed by atoms with Gasteiger partial charge in [0.1, 0.15) is 0 Å². The molecular formula is C22H27N3O2. The van der Waals surface area contributed by atoms with Crippen molar-refractivity contribution in [2.75, 3.05) is 43.1 Å². The van der Waals surface area contributed by atoms with Gasteiger partial charge in [-0.05, 0) is 48.6 Å². The molecule has 2 aliphatic rings. The molecule has 4 rings (SSSR count). The number of para-hydroxylation sites is 1. The van der Waals surface area contributed by atoms with Crippen molar-refractivity contribution in [2.24, 2.45) is 5.92 Å². The maximum absolute atomic E-state index is 12.2. The van der Waals surface area contributed by atoms with Crippen LogP contribution in [0, 0.1) is 5.92 Å². The topological polar surface area (TPSA) is 53.6 Å². The van der Waals surface area contributed by atoms with E-state index in [1.807, 2.05) is 18.2 Å². The predicted octanol–water partition coefficient (Wildman–Crippen LogP) is 3.84. The van der Waals surface area contributed by atoms with Crippen molar-refractivity contribution in [3.8, 4) is 0 Å². The van der Waals surface area contributed by atoms with E-state index in [0.717, 1.165) is 44.8 Å². The second kappa shape index (κ2) is 8.44. The highest BCUT2D eigenvalue weighted by Crippen LogP contribution is 2.26. The van der Waals surface area contributed by atoms with Gasteiger partial charge in [-0.1, -0.05) is 30.3 Å². The van der Waals surface area contributed by atoms with Gasteiger partial charge in [0.15, 0.2) is 0 Å². The number of benzene rings is 2. The van der Waals surface area contributed by atoms with Gasteiger partial charge >= 0.3 is 6.03 Å². The van der Waals surface area contributed by atoms with Crippen molar-refractivity contribution in [1.82, 2.24) is 5.32 Å². The number of hydrogen-bond acceptors (Lipinski definition) is 3. The molecule has 0 aliphatic carbocycles. The summed E-state index contributed by atoms with van der Waals surface area (Å²) in [5.41, 5.74) is 3.37. The van der Waals surface area contributed by atoms with E-state index < -0.39 is 0 Å². The summed E-state index contributed by atoms with van der Waals surface area (Å²) in [6.07, 6.45) is 2.18. The van der Waals surface area contributed by atoms with Gasteiger partial charge in [0.05, 0.1) is 6.61 Å². The van der Waals surface area contributed by atoms with Crippen LogP contribution in [0.1, 0.15) is 24.3 Å². The predicted molar refractivity (Wildman–Crippen MR) is 108 cm³/mol. The maximum Gasteiger partial charge on any atom is 0.319 e. The van der Waals surface area contributed by atoms with Gasteiger partial charge in [-0.25, -0.2) is 4.79 Å². The second-order valence-electron chi connectivity index (χ2n) is 7.45. The van der Waals surface area contributed by atoms with Crippen molar-refractivity contribution in [2.45, 2.75) is 18.8 Å². The van der Waals surface area contributed by atoms with E-state index in [2.05, 4.69) is 51.9 Å². The van der Waals surface area contributed by atoms with Crippen LogP contribution in [0.15, 0.2) is 54.6 Å². The summed E-state index contributed by atoms with van der Waals surface area (Å²) in [6, 6.07) is 18.4. The average molecular weight is 365 g/mol. The zero-order valence-corrected chi connectivity index (χ0v) is 15.6. The lowest BCUT2D eigenvalue weighted by atomic mass is 9.98. The standard InChI is InChI=1S/C22H27N3O2/c26-22(24-20-8-6-18(7-9-20)19-11-13-27-16-19)23-14-17-10-12-25(15-17)21-4-2-1-3-5-21/h1-9,17,19H,10-16H2,(H2,23,24,26).